The number of hydrogen-bond acceptors (Lipinski definition) is 3. The van der Waals surface area contributed by atoms with Crippen molar-refractivity contribution in [2.75, 3.05) is 26.3 Å². The Balaban J connectivity index is 1.53. The summed E-state index contributed by atoms with van der Waals surface area (Å²) in [5.41, 5.74) is 1.24. The lowest BCUT2D eigenvalue weighted by atomic mass is 10.2. The smallest absolute Gasteiger partial charge is 0.123 e. The Morgan fingerprint density at radius 3 is 2.76 bits per heavy atom. The number of fused-ring (bicyclic) bond motifs is 1. The molecule has 0 spiro atoms. The Labute approximate surface area is 130 Å². The minimum atomic E-state index is 0.657. The van der Waals surface area contributed by atoms with E-state index in [9.17, 15) is 0 Å². The monoisotopic (exact) mass is 303 g/mol. The number of ether oxygens (including phenoxy) is 2. The molecule has 0 radical (unpaired) electrons. The van der Waals surface area contributed by atoms with Gasteiger partial charge in [0.2, 0.25) is 0 Å². The van der Waals surface area contributed by atoms with Crippen molar-refractivity contribution in [1.29, 1.82) is 0 Å². The molecule has 1 heterocycles. The minimum Gasteiger partial charge on any atom is -0.492 e. The number of rotatable bonds is 4. The molecule has 0 aliphatic carbocycles. The van der Waals surface area contributed by atoms with Crippen molar-refractivity contribution in [2.24, 2.45) is 0 Å². The second-order valence-corrected chi connectivity index (χ2v) is 5.47. The van der Waals surface area contributed by atoms with Gasteiger partial charge in [-0.25, -0.2) is 0 Å². The molecule has 0 amide bonds. The van der Waals surface area contributed by atoms with Crippen molar-refractivity contribution in [2.45, 2.75) is 6.54 Å². The van der Waals surface area contributed by atoms with E-state index in [1.807, 2.05) is 36.4 Å². The number of hydrogen-bond donors (Lipinski definition) is 0. The molecule has 3 rings (SSSR count). The molecule has 0 fully saturated rings. The summed E-state index contributed by atoms with van der Waals surface area (Å²) in [4.78, 5) is 2.35. The van der Waals surface area contributed by atoms with E-state index >= 15 is 0 Å². The average molecular weight is 304 g/mol. The zero-order valence-electron chi connectivity index (χ0n) is 11.8. The van der Waals surface area contributed by atoms with Gasteiger partial charge in [0.15, 0.2) is 0 Å². The van der Waals surface area contributed by atoms with Crippen LogP contribution in [0.25, 0.3) is 0 Å². The van der Waals surface area contributed by atoms with Gasteiger partial charge in [0.1, 0.15) is 24.7 Å². The fourth-order valence-electron chi connectivity index (χ4n) is 2.39. The van der Waals surface area contributed by atoms with Gasteiger partial charge in [-0.1, -0.05) is 29.8 Å². The number of para-hydroxylation sites is 1. The third kappa shape index (κ3) is 3.90. The highest BCUT2D eigenvalue weighted by atomic mass is 35.5. The van der Waals surface area contributed by atoms with Crippen LogP contribution in [0.1, 0.15) is 5.56 Å². The zero-order valence-corrected chi connectivity index (χ0v) is 12.6. The SMILES string of the molecule is Clc1ccc(OCCN2CCOc3ccccc3C2)cc1. The molecule has 21 heavy (non-hydrogen) atoms. The predicted molar refractivity (Wildman–Crippen MR) is 84.2 cm³/mol. The summed E-state index contributed by atoms with van der Waals surface area (Å²) in [5.74, 6) is 1.85. The molecular formula is C17H18ClNO2. The highest BCUT2D eigenvalue weighted by Crippen LogP contribution is 2.22. The van der Waals surface area contributed by atoms with Crippen molar-refractivity contribution in [1.82, 2.24) is 4.90 Å². The van der Waals surface area contributed by atoms with Gasteiger partial charge in [-0.05, 0) is 30.3 Å². The van der Waals surface area contributed by atoms with Gasteiger partial charge in [0, 0.05) is 30.2 Å². The van der Waals surface area contributed by atoms with Crippen LogP contribution in [0, 0.1) is 0 Å². The third-order valence-electron chi connectivity index (χ3n) is 3.52. The van der Waals surface area contributed by atoms with Crippen molar-refractivity contribution in [3.63, 3.8) is 0 Å². The quantitative estimate of drug-likeness (QED) is 0.861. The van der Waals surface area contributed by atoms with Crippen LogP contribution in [-0.4, -0.2) is 31.2 Å². The van der Waals surface area contributed by atoms with Crippen LogP contribution < -0.4 is 9.47 Å². The molecule has 0 unspecified atom stereocenters. The van der Waals surface area contributed by atoms with Crippen LogP contribution in [0.4, 0.5) is 0 Å². The predicted octanol–water partition coefficient (Wildman–Crippen LogP) is 3.61. The van der Waals surface area contributed by atoms with Crippen LogP contribution in [0.15, 0.2) is 48.5 Å². The molecule has 0 bridgehead atoms. The molecular weight excluding hydrogens is 286 g/mol. The molecule has 2 aromatic carbocycles. The summed E-state index contributed by atoms with van der Waals surface area (Å²) in [6.45, 7) is 4.07. The summed E-state index contributed by atoms with van der Waals surface area (Å²) in [5, 5.41) is 0.726. The molecule has 1 aliphatic rings. The first-order valence-electron chi connectivity index (χ1n) is 7.13. The maximum absolute atomic E-state index is 5.86. The highest BCUT2D eigenvalue weighted by Gasteiger charge is 2.14. The van der Waals surface area contributed by atoms with Crippen LogP contribution in [0.3, 0.4) is 0 Å². The molecule has 110 valence electrons. The average Bonchev–Trinajstić information content (AvgIpc) is 2.71. The summed E-state index contributed by atoms with van der Waals surface area (Å²) in [7, 11) is 0. The van der Waals surface area contributed by atoms with E-state index in [2.05, 4.69) is 17.0 Å². The van der Waals surface area contributed by atoms with Crippen molar-refractivity contribution in [3.05, 3.63) is 59.1 Å². The largest absolute Gasteiger partial charge is 0.492 e. The number of nitrogens with zero attached hydrogens (tertiary/aromatic N) is 1. The number of halogens is 1. The van der Waals surface area contributed by atoms with Gasteiger partial charge < -0.3 is 9.47 Å². The van der Waals surface area contributed by atoms with E-state index in [-0.39, 0.29) is 0 Å². The van der Waals surface area contributed by atoms with Crippen molar-refractivity contribution >= 4 is 11.6 Å². The Morgan fingerprint density at radius 1 is 1.10 bits per heavy atom. The topological polar surface area (TPSA) is 21.7 Å². The first-order chi connectivity index (χ1) is 10.3. The Hall–Kier alpha value is -1.71. The number of benzene rings is 2. The molecule has 3 nitrogen and oxygen atoms in total. The summed E-state index contributed by atoms with van der Waals surface area (Å²) < 4.78 is 11.5. The van der Waals surface area contributed by atoms with E-state index in [0.717, 1.165) is 42.8 Å². The second kappa shape index (κ2) is 6.83. The maximum atomic E-state index is 5.86. The molecule has 0 aromatic heterocycles. The first kappa shape index (κ1) is 14.2. The fraction of sp³-hybridized carbons (Fsp3) is 0.294. The fourth-order valence-corrected chi connectivity index (χ4v) is 2.52. The normalized spacial score (nSPS) is 14.9. The molecule has 1 aliphatic heterocycles. The van der Waals surface area contributed by atoms with Gasteiger partial charge in [-0.2, -0.15) is 0 Å². The summed E-state index contributed by atoms with van der Waals surface area (Å²) in [6.07, 6.45) is 0. The van der Waals surface area contributed by atoms with Crippen LogP contribution in [0.2, 0.25) is 5.02 Å². The van der Waals surface area contributed by atoms with Crippen molar-refractivity contribution < 1.29 is 9.47 Å². The standard InChI is InChI=1S/C17H18ClNO2/c18-15-5-7-16(8-6-15)20-11-9-19-10-12-21-17-4-2-1-3-14(17)13-19/h1-8H,9-13H2. The van der Waals surface area contributed by atoms with Gasteiger partial charge in [-0.3, -0.25) is 4.90 Å². The lowest BCUT2D eigenvalue weighted by Crippen LogP contribution is -2.30. The van der Waals surface area contributed by atoms with Crippen LogP contribution in [-0.2, 0) is 6.54 Å². The Kier molecular flexibility index (Phi) is 4.63. The summed E-state index contributed by atoms with van der Waals surface area (Å²) >= 11 is 5.86. The Bertz CT molecular complexity index is 586. The van der Waals surface area contributed by atoms with Crippen LogP contribution >= 0.6 is 11.6 Å². The van der Waals surface area contributed by atoms with E-state index < -0.39 is 0 Å². The second-order valence-electron chi connectivity index (χ2n) is 5.03. The summed E-state index contributed by atoms with van der Waals surface area (Å²) in [6, 6.07) is 15.7. The van der Waals surface area contributed by atoms with Gasteiger partial charge in [0.05, 0.1) is 0 Å². The van der Waals surface area contributed by atoms with Gasteiger partial charge in [0.25, 0.3) is 0 Å². The maximum Gasteiger partial charge on any atom is 0.123 e. The lowest BCUT2D eigenvalue weighted by molar-refractivity contribution is 0.186. The molecule has 0 N–H and O–H groups in total. The van der Waals surface area contributed by atoms with E-state index in [4.69, 9.17) is 21.1 Å². The molecule has 2 aromatic rings. The first-order valence-corrected chi connectivity index (χ1v) is 7.50. The molecule has 4 heteroatoms. The minimum absolute atomic E-state index is 0.657. The zero-order chi connectivity index (χ0) is 14.5. The molecule has 0 atom stereocenters. The van der Waals surface area contributed by atoms with Crippen molar-refractivity contribution in [3.8, 4) is 11.5 Å². The molecule has 0 saturated heterocycles. The van der Waals surface area contributed by atoms with E-state index in [0.29, 0.717) is 6.61 Å². The van der Waals surface area contributed by atoms with E-state index in [1.54, 1.807) is 0 Å². The van der Waals surface area contributed by atoms with Crippen LogP contribution in [0.5, 0.6) is 11.5 Å². The molecule has 0 saturated carbocycles. The lowest BCUT2D eigenvalue weighted by Gasteiger charge is -2.19. The van der Waals surface area contributed by atoms with E-state index in [1.165, 1.54) is 5.56 Å². The van der Waals surface area contributed by atoms with Gasteiger partial charge in [-0.15, -0.1) is 0 Å². The Morgan fingerprint density at radius 2 is 1.90 bits per heavy atom. The van der Waals surface area contributed by atoms with Gasteiger partial charge >= 0.3 is 0 Å². The third-order valence-corrected chi connectivity index (χ3v) is 3.77. The highest BCUT2D eigenvalue weighted by molar-refractivity contribution is 6.30.